The van der Waals surface area contributed by atoms with E-state index in [1.54, 1.807) is 24.0 Å². The Hall–Kier alpha value is -3.37. The second kappa shape index (κ2) is 8.40. The zero-order chi connectivity index (χ0) is 21.2. The molecule has 5 rings (SSSR count). The Balaban J connectivity index is 1.50. The number of nitrogens with zero attached hydrogens (tertiary/aromatic N) is 5. The van der Waals surface area contributed by atoms with Gasteiger partial charge in [0.1, 0.15) is 0 Å². The maximum atomic E-state index is 13.0. The summed E-state index contributed by atoms with van der Waals surface area (Å²) in [5.41, 5.74) is 1.45. The average molecular weight is 437 g/mol. The maximum Gasteiger partial charge on any atom is 0.262 e. The summed E-state index contributed by atoms with van der Waals surface area (Å²) in [5.74, 6) is 2.24. The predicted octanol–water partition coefficient (Wildman–Crippen LogP) is 3.62. The van der Waals surface area contributed by atoms with E-state index < -0.39 is 0 Å². The summed E-state index contributed by atoms with van der Waals surface area (Å²) in [7, 11) is 1.64. The van der Waals surface area contributed by atoms with Crippen molar-refractivity contribution in [3.8, 4) is 11.5 Å². The third-order valence-corrected chi connectivity index (χ3v) is 5.84. The fraction of sp³-hybridized carbons (Fsp3) is 0.238. The van der Waals surface area contributed by atoms with Gasteiger partial charge in [0.05, 0.1) is 22.9 Å². The molecule has 0 fully saturated rings. The highest BCUT2D eigenvalue weighted by molar-refractivity contribution is 7.98. The van der Waals surface area contributed by atoms with E-state index in [2.05, 4.69) is 15.4 Å². The number of para-hydroxylation sites is 1. The highest BCUT2D eigenvalue weighted by Crippen LogP contribution is 2.27. The molecule has 10 heteroatoms. The van der Waals surface area contributed by atoms with Crippen LogP contribution in [-0.4, -0.2) is 38.0 Å². The molecule has 0 atom stereocenters. The summed E-state index contributed by atoms with van der Waals surface area (Å²) in [6.45, 7) is 1.06. The SMILES string of the molecule is COCCCn1c(=O)c2ccccc2n2c(SCc3cc(-c4ccco4)on3)nnc12. The molecule has 0 aliphatic carbocycles. The van der Waals surface area contributed by atoms with Gasteiger partial charge in [-0.25, -0.2) is 0 Å². The van der Waals surface area contributed by atoms with Crippen molar-refractivity contribution in [1.29, 1.82) is 0 Å². The lowest BCUT2D eigenvalue weighted by atomic mass is 10.2. The van der Waals surface area contributed by atoms with E-state index in [0.717, 1.165) is 11.2 Å². The molecule has 4 aromatic heterocycles. The van der Waals surface area contributed by atoms with E-state index in [4.69, 9.17) is 13.7 Å². The highest BCUT2D eigenvalue weighted by Gasteiger charge is 2.17. The van der Waals surface area contributed by atoms with E-state index in [1.807, 2.05) is 40.8 Å². The van der Waals surface area contributed by atoms with Crippen LogP contribution in [0.2, 0.25) is 0 Å². The minimum absolute atomic E-state index is 0.0808. The fourth-order valence-corrected chi connectivity index (χ4v) is 4.27. The minimum Gasteiger partial charge on any atom is -0.461 e. The van der Waals surface area contributed by atoms with Crippen molar-refractivity contribution in [2.45, 2.75) is 23.9 Å². The second-order valence-electron chi connectivity index (χ2n) is 6.89. The lowest BCUT2D eigenvalue weighted by Crippen LogP contribution is -2.24. The first-order valence-electron chi connectivity index (χ1n) is 9.74. The first kappa shape index (κ1) is 19.6. The third-order valence-electron chi connectivity index (χ3n) is 4.88. The molecule has 0 radical (unpaired) electrons. The van der Waals surface area contributed by atoms with Crippen molar-refractivity contribution in [2.75, 3.05) is 13.7 Å². The normalized spacial score (nSPS) is 11.6. The summed E-state index contributed by atoms with van der Waals surface area (Å²) >= 11 is 1.47. The van der Waals surface area contributed by atoms with Crippen molar-refractivity contribution >= 4 is 28.4 Å². The van der Waals surface area contributed by atoms with Gasteiger partial charge in [-0.3, -0.25) is 13.8 Å². The molecule has 158 valence electrons. The van der Waals surface area contributed by atoms with Crippen LogP contribution < -0.4 is 5.56 Å². The number of aryl methyl sites for hydroxylation is 1. The van der Waals surface area contributed by atoms with Gasteiger partial charge in [0.2, 0.25) is 11.5 Å². The number of thioether (sulfide) groups is 1. The number of furan rings is 1. The monoisotopic (exact) mass is 437 g/mol. The first-order chi connectivity index (χ1) is 15.3. The molecule has 0 saturated heterocycles. The lowest BCUT2D eigenvalue weighted by molar-refractivity contribution is 0.190. The van der Waals surface area contributed by atoms with E-state index in [0.29, 0.717) is 53.2 Å². The maximum absolute atomic E-state index is 13.0. The molecular weight excluding hydrogens is 418 g/mol. The van der Waals surface area contributed by atoms with Crippen LogP contribution in [0.25, 0.3) is 28.2 Å². The third kappa shape index (κ3) is 3.64. The summed E-state index contributed by atoms with van der Waals surface area (Å²) in [5, 5.41) is 14.1. The quantitative estimate of drug-likeness (QED) is 0.268. The van der Waals surface area contributed by atoms with Gasteiger partial charge >= 0.3 is 0 Å². The topological polar surface area (TPSA) is 101 Å². The Bertz CT molecular complexity index is 1390. The van der Waals surface area contributed by atoms with Crippen LogP contribution in [0.4, 0.5) is 0 Å². The number of methoxy groups -OCH3 is 1. The second-order valence-corrected chi connectivity index (χ2v) is 7.83. The molecule has 0 unspecified atom stereocenters. The van der Waals surface area contributed by atoms with Crippen LogP contribution in [-0.2, 0) is 17.0 Å². The molecule has 0 bridgehead atoms. The van der Waals surface area contributed by atoms with Gasteiger partial charge in [0.15, 0.2) is 10.9 Å². The van der Waals surface area contributed by atoms with Crippen molar-refractivity contribution in [1.82, 2.24) is 24.3 Å². The molecule has 9 nitrogen and oxygen atoms in total. The minimum atomic E-state index is -0.0808. The smallest absolute Gasteiger partial charge is 0.262 e. The average Bonchev–Trinajstić information content (AvgIpc) is 3.55. The molecule has 31 heavy (non-hydrogen) atoms. The lowest BCUT2D eigenvalue weighted by Gasteiger charge is -2.10. The Morgan fingerprint density at radius 3 is 2.87 bits per heavy atom. The van der Waals surface area contributed by atoms with Gasteiger partial charge in [-0.2, -0.15) is 0 Å². The number of fused-ring (bicyclic) bond motifs is 3. The zero-order valence-electron chi connectivity index (χ0n) is 16.7. The van der Waals surface area contributed by atoms with Crippen LogP contribution in [0.1, 0.15) is 12.1 Å². The number of benzene rings is 1. The molecular formula is C21H19N5O4S. The summed E-state index contributed by atoms with van der Waals surface area (Å²) in [6, 6.07) is 12.9. The van der Waals surface area contributed by atoms with Crippen molar-refractivity contribution in [3.63, 3.8) is 0 Å². The standard InChI is InChI=1S/C21H19N5O4S/c1-28-10-5-9-25-19(27)15-6-2-3-7-16(15)26-20(25)22-23-21(26)31-13-14-12-18(30-24-14)17-8-4-11-29-17/h2-4,6-8,11-12H,5,9-10,13H2,1H3. The Labute approximate surface area is 180 Å². The highest BCUT2D eigenvalue weighted by atomic mass is 32.2. The van der Waals surface area contributed by atoms with Crippen LogP contribution >= 0.6 is 11.8 Å². The van der Waals surface area contributed by atoms with Gasteiger partial charge in [0.25, 0.3) is 5.56 Å². The Morgan fingerprint density at radius 1 is 1.13 bits per heavy atom. The van der Waals surface area contributed by atoms with Crippen LogP contribution in [0.3, 0.4) is 0 Å². The summed E-state index contributed by atoms with van der Waals surface area (Å²) in [6.07, 6.45) is 2.29. The van der Waals surface area contributed by atoms with E-state index >= 15 is 0 Å². The number of hydrogen-bond acceptors (Lipinski definition) is 8. The predicted molar refractivity (Wildman–Crippen MR) is 115 cm³/mol. The number of aromatic nitrogens is 5. The van der Waals surface area contributed by atoms with E-state index in [-0.39, 0.29) is 5.56 Å². The Morgan fingerprint density at radius 2 is 2.03 bits per heavy atom. The Kier molecular flexibility index (Phi) is 5.31. The summed E-state index contributed by atoms with van der Waals surface area (Å²) in [4.78, 5) is 13.0. The molecule has 0 aliphatic heterocycles. The van der Waals surface area contributed by atoms with Crippen molar-refractivity contribution in [2.24, 2.45) is 0 Å². The van der Waals surface area contributed by atoms with Gasteiger partial charge in [-0.15, -0.1) is 10.2 Å². The molecule has 5 aromatic rings. The molecule has 0 amide bonds. The molecule has 1 aromatic carbocycles. The molecule has 0 aliphatic rings. The molecule has 0 N–H and O–H groups in total. The van der Waals surface area contributed by atoms with Crippen LogP contribution in [0.5, 0.6) is 0 Å². The first-order valence-corrected chi connectivity index (χ1v) is 10.7. The summed E-state index contributed by atoms with van der Waals surface area (Å²) < 4.78 is 19.4. The molecule has 0 spiro atoms. The number of ether oxygens (including phenoxy) is 1. The number of hydrogen-bond donors (Lipinski definition) is 0. The van der Waals surface area contributed by atoms with E-state index in [9.17, 15) is 4.79 Å². The van der Waals surface area contributed by atoms with E-state index in [1.165, 1.54) is 11.8 Å². The van der Waals surface area contributed by atoms with Gasteiger partial charge < -0.3 is 13.7 Å². The molecule has 0 saturated carbocycles. The fourth-order valence-electron chi connectivity index (χ4n) is 3.45. The van der Waals surface area contributed by atoms with Crippen LogP contribution in [0, 0.1) is 0 Å². The van der Waals surface area contributed by atoms with Gasteiger partial charge in [-0.05, 0) is 30.7 Å². The largest absolute Gasteiger partial charge is 0.461 e. The van der Waals surface area contributed by atoms with Gasteiger partial charge in [-0.1, -0.05) is 29.1 Å². The van der Waals surface area contributed by atoms with Crippen molar-refractivity contribution < 1.29 is 13.7 Å². The van der Waals surface area contributed by atoms with Gasteiger partial charge in [0, 0.05) is 32.1 Å². The number of rotatable bonds is 8. The zero-order valence-corrected chi connectivity index (χ0v) is 17.5. The molecule has 4 heterocycles. The van der Waals surface area contributed by atoms with Crippen LogP contribution in [0.15, 0.2) is 67.6 Å². The van der Waals surface area contributed by atoms with Crippen molar-refractivity contribution in [3.05, 3.63) is 64.8 Å².